The molecule has 0 bridgehead atoms. The van der Waals surface area contributed by atoms with Gasteiger partial charge in [-0.15, -0.1) is 11.3 Å². The molecule has 0 radical (unpaired) electrons. The number of thiophene rings is 1. The van der Waals surface area contributed by atoms with Gasteiger partial charge >= 0.3 is 0 Å². The van der Waals surface area contributed by atoms with Gasteiger partial charge in [0.05, 0.1) is 22.5 Å². The van der Waals surface area contributed by atoms with E-state index in [9.17, 15) is 9.59 Å². The van der Waals surface area contributed by atoms with Crippen molar-refractivity contribution in [3.8, 4) is 5.69 Å². The summed E-state index contributed by atoms with van der Waals surface area (Å²) in [6.45, 7) is 1.88. The van der Waals surface area contributed by atoms with Crippen LogP contribution in [-0.2, 0) is 24.7 Å². The standard InChI is InChI=1S/C22H21N5O2S2/c1-13-11-17(26(2)25-13)23-18(28)12-30-22-24-20-19(15-9-6-10-16(15)31-20)21(29)27(22)14-7-4-3-5-8-14/h3-5,7-8,11H,6,9-10,12H2,1-2H3,(H,23,28). The quantitative estimate of drug-likeness (QED) is 0.370. The smallest absolute Gasteiger partial charge is 0.267 e. The minimum Gasteiger partial charge on any atom is -0.310 e. The third kappa shape index (κ3) is 3.68. The largest absolute Gasteiger partial charge is 0.310 e. The van der Waals surface area contributed by atoms with E-state index in [1.165, 1.54) is 16.6 Å². The van der Waals surface area contributed by atoms with E-state index in [0.717, 1.165) is 46.4 Å². The molecular formula is C22H21N5O2S2. The first kappa shape index (κ1) is 20.0. The van der Waals surface area contributed by atoms with Gasteiger partial charge in [-0.05, 0) is 43.9 Å². The molecular weight excluding hydrogens is 430 g/mol. The number of thioether (sulfide) groups is 1. The molecule has 0 saturated carbocycles. The van der Waals surface area contributed by atoms with Crippen molar-refractivity contribution in [1.82, 2.24) is 19.3 Å². The van der Waals surface area contributed by atoms with Gasteiger partial charge < -0.3 is 5.32 Å². The van der Waals surface area contributed by atoms with Crippen LogP contribution in [0.15, 0.2) is 46.3 Å². The molecule has 0 unspecified atom stereocenters. The van der Waals surface area contributed by atoms with Crippen molar-refractivity contribution in [2.75, 3.05) is 11.1 Å². The van der Waals surface area contributed by atoms with Crippen molar-refractivity contribution in [1.29, 1.82) is 0 Å². The maximum absolute atomic E-state index is 13.6. The van der Waals surface area contributed by atoms with Gasteiger partial charge in [0.15, 0.2) is 5.16 Å². The summed E-state index contributed by atoms with van der Waals surface area (Å²) in [6.07, 6.45) is 3.03. The zero-order valence-electron chi connectivity index (χ0n) is 17.2. The highest BCUT2D eigenvalue weighted by atomic mass is 32.2. The van der Waals surface area contributed by atoms with Crippen molar-refractivity contribution in [2.45, 2.75) is 31.3 Å². The molecule has 1 amide bonds. The van der Waals surface area contributed by atoms with E-state index in [0.29, 0.717) is 11.0 Å². The maximum atomic E-state index is 13.6. The first-order valence-corrected chi connectivity index (χ1v) is 11.9. The number of aryl methyl sites for hydroxylation is 4. The second kappa shape index (κ2) is 7.97. The lowest BCUT2D eigenvalue weighted by atomic mass is 10.2. The monoisotopic (exact) mass is 451 g/mol. The molecule has 1 aliphatic carbocycles. The van der Waals surface area contributed by atoms with Crippen LogP contribution in [0.1, 0.15) is 22.6 Å². The molecule has 1 aliphatic rings. The number of nitrogens with zero attached hydrogens (tertiary/aromatic N) is 4. The second-order valence-corrected chi connectivity index (χ2v) is 9.57. The Morgan fingerprint density at radius 1 is 1.26 bits per heavy atom. The van der Waals surface area contributed by atoms with E-state index < -0.39 is 0 Å². The normalized spacial score (nSPS) is 13.0. The van der Waals surface area contributed by atoms with Crippen LogP contribution in [0.5, 0.6) is 0 Å². The van der Waals surface area contributed by atoms with E-state index >= 15 is 0 Å². The van der Waals surface area contributed by atoms with Crippen LogP contribution >= 0.6 is 23.1 Å². The van der Waals surface area contributed by atoms with Crippen LogP contribution in [0, 0.1) is 6.92 Å². The lowest BCUT2D eigenvalue weighted by Gasteiger charge is -2.12. The summed E-state index contributed by atoms with van der Waals surface area (Å²) in [5.74, 6) is 0.609. The van der Waals surface area contributed by atoms with Crippen LogP contribution in [0.25, 0.3) is 15.9 Å². The van der Waals surface area contributed by atoms with Gasteiger partial charge in [0.2, 0.25) is 5.91 Å². The summed E-state index contributed by atoms with van der Waals surface area (Å²) in [4.78, 5) is 33.0. The van der Waals surface area contributed by atoms with Crippen molar-refractivity contribution in [3.63, 3.8) is 0 Å². The van der Waals surface area contributed by atoms with Gasteiger partial charge in [0.1, 0.15) is 10.6 Å². The van der Waals surface area contributed by atoms with E-state index in [2.05, 4.69) is 10.4 Å². The van der Waals surface area contributed by atoms with Gasteiger partial charge in [-0.3, -0.25) is 18.8 Å². The summed E-state index contributed by atoms with van der Waals surface area (Å²) >= 11 is 2.88. The first-order valence-electron chi connectivity index (χ1n) is 10.1. The van der Waals surface area contributed by atoms with E-state index in [4.69, 9.17) is 4.98 Å². The molecule has 0 saturated heterocycles. The lowest BCUT2D eigenvalue weighted by Crippen LogP contribution is -2.23. The van der Waals surface area contributed by atoms with Gasteiger partial charge in [-0.2, -0.15) is 5.10 Å². The van der Waals surface area contributed by atoms with Gasteiger partial charge in [-0.25, -0.2) is 4.98 Å². The Bertz CT molecular complexity index is 1350. The number of fused-ring (bicyclic) bond motifs is 3. The molecule has 1 N–H and O–H groups in total. The number of rotatable bonds is 5. The Kier molecular flexibility index (Phi) is 5.15. The van der Waals surface area contributed by atoms with Gasteiger partial charge in [-0.1, -0.05) is 30.0 Å². The average molecular weight is 452 g/mol. The number of para-hydroxylation sites is 1. The van der Waals surface area contributed by atoms with Crippen LogP contribution in [0.2, 0.25) is 0 Å². The average Bonchev–Trinajstić information content (AvgIpc) is 3.41. The molecule has 9 heteroatoms. The number of hydrogen-bond donors (Lipinski definition) is 1. The number of amides is 1. The number of carbonyl (C=O) groups excluding carboxylic acids is 1. The van der Waals surface area contributed by atoms with Crippen LogP contribution < -0.4 is 10.9 Å². The number of anilines is 1. The highest BCUT2D eigenvalue weighted by Gasteiger charge is 2.24. The first-order chi connectivity index (χ1) is 15.0. The number of aromatic nitrogens is 4. The molecule has 0 aliphatic heterocycles. The molecule has 0 spiro atoms. The SMILES string of the molecule is Cc1cc(NC(=O)CSc2nc3sc4c(c3c(=O)n2-c2ccccc2)CCC4)n(C)n1. The number of nitrogens with one attached hydrogen (secondary N) is 1. The molecule has 5 rings (SSSR count). The van der Waals surface area contributed by atoms with Crippen molar-refractivity contribution in [2.24, 2.45) is 7.05 Å². The molecule has 0 atom stereocenters. The van der Waals surface area contributed by atoms with Crippen LogP contribution in [0.3, 0.4) is 0 Å². The predicted octanol–water partition coefficient (Wildman–Crippen LogP) is 3.71. The van der Waals surface area contributed by atoms with Crippen LogP contribution in [-0.4, -0.2) is 31.0 Å². The summed E-state index contributed by atoms with van der Waals surface area (Å²) in [6, 6.07) is 11.3. The van der Waals surface area contributed by atoms with E-state index in [1.54, 1.807) is 27.6 Å². The number of hydrogen-bond acceptors (Lipinski definition) is 6. The molecule has 3 aromatic heterocycles. The summed E-state index contributed by atoms with van der Waals surface area (Å²) in [7, 11) is 1.79. The fourth-order valence-corrected chi connectivity index (χ4v) is 6.08. The molecule has 0 fully saturated rings. The molecule has 1 aromatic carbocycles. The number of carbonyl (C=O) groups is 1. The zero-order chi connectivity index (χ0) is 21.5. The summed E-state index contributed by atoms with van der Waals surface area (Å²) in [5.41, 5.74) is 2.69. The highest BCUT2D eigenvalue weighted by Crippen LogP contribution is 2.36. The zero-order valence-corrected chi connectivity index (χ0v) is 18.8. The third-order valence-corrected chi connectivity index (χ3v) is 7.45. The maximum Gasteiger partial charge on any atom is 0.267 e. The minimum absolute atomic E-state index is 0.0548. The van der Waals surface area contributed by atoms with Crippen molar-refractivity contribution >= 4 is 45.0 Å². The minimum atomic E-state index is -0.171. The summed E-state index contributed by atoms with van der Waals surface area (Å²) < 4.78 is 3.27. The Hall–Kier alpha value is -2.91. The molecule has 3 heterocycles. The van der Waals surface area contributed by atoms with Gasteiger partial charge in [0.25, 0.3) is 5.56 Å². The third-order valence-electron chi connectivity index (χ3n) is 5.32. The molecule has 31 heavy (non-hydrogen) atoms. The van der Waals surface area contributed by atoms with Gasteiger partial charge in [0, 0.05) is 18.0 Å². The predicted molar refractivity (Wildman–Crippen MR) is 125 cm³/mol. The lowest BCUT2D eigenvalue weighted by molar-refractivity contribution is -0.113. The van der Waals surface area contributed by atoms with E-state index in [1.807, 2.05) is 43.3 Å². The molecule has 4 aromatic rings. The number of benzene rings is 1. The molecule has 7 nitrogen and oxygen atoms in total. The Labute approximate surface area is 187 Å². The Balaban J connectivity index is 1.51. The Morgan fingerprint density at radius 3 is 2.81 bits per heavy atom. The highest BCUT2D eigenvalue weighted by molar-refractivity contribution is 7.99. The summed E-state index contributed by atoms with van der Waals surface area (Å²) in [5, 5.41) is 8.38. The van der Waals surface area contributed by atoms with Crippen LogP contribution in [0.4, 0.5) is 5.82 Å². The fraction of sp³-hybridized carbons (Fsp3) is 0.273. The fourth-order valence-electron chi connectivity index (χ4n) is 3.96. The van der Waals surface area contributed by atoms with E-state index in [-0.39, 0.29) is 17.2 Å². The molecule has 158 valence electrons. The second-order valence-electron chi connectivity index (χ2n) is 7.54. The van der Waals surface area contributed by atoms with Crippen molar-refractivity contribution < 1.29 is 4.79 Å². The Morgan fingerprint density at radius 2 is 2.06 bits per heavy atom. The van der Waals surface area contributed by atoms with Crippen molar-refractivity contribution in [3.05, 3.63) is 62.9 Å². The topological polar surface area (TPSA) is 81.8 Å².